The van der Waals surface area contributed by atoms with Crippen molar-refractivity contribution in [2.24, 2.45) is 5.73 Å². The number of thiocarbonyl (C=S) groups is 1. The first-order valence-electron chi connectivity index (χ1n) is 5.94. The maximum Gasteiger partial charge on any atom is 0.130 e. The molecule has 0 bridgehead atoms. The fraction of sp³-hybridized carbons (Fsp3) is 0.462. The monoisotopic (exact) mass is 347 g/mol. The van der Waals surface area contributed by atoms with Crippen molar-refractivity contribution >= 4 is 33.1 Å². The Balaban J connectivity index is 2.37. The first-order chi connectivity index (χ1) is 9.16. The Morgan fingerprint density at radius 3 is 2.74 bits per heavy atom. The molecule has 1 rings (SSSR count). The molecule has 0 heterocycles. The number of rotatable bonds is 9. The van der Waals surface area contributed by atoms with Crippen molar-refractivity contribution in [1.82, 2.24) is 0 Å². The molecule has 0 saturated carbocycles. The zero-order valence-electron chi connectivity index (χ0n) is 10.9. The number of nitrogens with two attached hydrogens (primary N) is 1. The highest BCUT2D eigenvalue weighted by Crippen LogP contribution is 2.26. The molecule has 0 aromatic heterocycles. The number of hydrogen-bond donors (Lipinski definition) is 1. The van der Waals surface area contributed by atoms with E-state index in [0.29, 0.717) is 37.2 Å². The van der Waals surface area contributed by atoms with Crippen LogP contribution in [0.2, 0.25) is 0 Å². The molecule has 0 amide bonds. The van der Waals surface area contributed by atoms with Crippen LogP contribution in [0.15, 0.2) is 22.7 Å². The second kappa shape index (κ2) is 9.25. The summed E-state index contributed by atoms with van der Waals surface area (Å²) in [4.78, 5) is 0.309. The average molecular weight is 348 g/mol. The Morgan fingerprint density at radius 2 is 2.05 bits per heavy atom. The van der Waals surface area contributed by atoms with Crippen LogP contribution in [0.1, 0.15) is 12.0 Å². The minimum atomic E-state index is 0.309. The fourth-order valence-corrected chi connectivity index (χ4v) is 2.39. The van der Waals surface area contributed by atoms with Gasteiger partial charge in [-0.3, -0.25) is 0 Å². The highest BCUT2D eigenvalue weighted by molar-refractivity contribution is 9.10. The lowest BCUT2D eigenvalue weighted by atomic mass is 10.2. The molecule has 0 aliphatic rings. The van der Waals surface area contributed by atoms with Gasteiger partial charge < -0.3 is 19.9 Å². The molecule has 106 valence electrons. The predicted octanol–water partition coefficient (Wildman–Crippen LogP) is 2.52. The number of halogens is 1. The van der Waals surface area contributed by atoms with Crippen LogP contribution >= 0.6 is 28.1 Å². The van der Waals surface area contributed by atoms with Gasteiger partial charge in [0.15, 0.2) is 0 Å². The molecular weight excluding hydrogens is 330 g/mol. The summed E-state index contributed by atoms with van der Waals surface area (Å²) < 4.78 is 16.8. The smallest absolute Gasteiger partial charge is 0.130 e. The van der Waals surface area contributed by atoms with Crippen LogP contribution in [0.5, 0.6) is 5.75 Å². The van der Waals surface area contributed by atoms with E-state index in [1.54, 1.807) is 7.11 Å². The molecule has 1 aromatic carbocycles. The summed E-state index contributed by atoms with van der Waals surface area (Å²) in [6.45, 7) is 2.35. The van der Waals surface area contributed by atoms with Crippen molar-refractivity contribution in [1.29, 1.82) is 0 Å². The lowest BCUT2D eigenvalue weighted by molar-refractivity contribution is 0.0806. The number of methoxy groups -OCH3 is 1. The van der Waals surface area contributed by atoms with Crippen LogP contribution in [0.3, 0.4) is 0 Å². The fourth-order valence-electron chi connectivity index (χ4n) is 1.48. The number of hydrogen-bond acceptors (Lipinski definition) is 4. The van der Waals surface area contributed by atoms with E-state index in [4.69, 9.17) is 32.2 Å². The van der Waals surface area contributed by atoms with Gasteiger partial charge in [-0.1, -0.05) is 18.3 Å². The topological polar surface area (TPSA) is 53.7 Å². The van der Waals surface area contributed by atoms with E-state index >= 15 is 0 Å². The molecule has 0 aliphatic heterocycles. The van der Waals surface area contributed by atoms with E-state index < -0.39 is 0 Å². The third-order valence-electron chi connectivity index (χ3n) is 2.34. The summed E-state index contributed by atoms with van der Waals surface area (Å²) >= 11 is 8.42. The van der Waals surface area contributed by atoms with E-state index in [9.17, 15) is 0 Å². The van der Waals surface area contributed by atoms with Gasteiger partial charge in [-0.25, -0.2) is 0 Å². The lowest BCUT2D eigenvalue weighted by Gasteiger charge is -2.12. The van der Waals surface area contributed by atoms with E-state index in [-0.39, 0.29) is 0 Å². The normalized spacial score (nSPS) is 10.4. The maximum atomic E-state index is 5.68. The van der Waals surface area contributed by atoms with Crippen molar-refractivity contribution in [3.8, 4) is 5.75 Å². The Kier molecular flexibility index (Phi) is 7.97. The van der Waals surface area contributed by atoms with Crippen LogP contribution in [-0.2, 0) is 9.47 Å². The Morgan fingerprint density at radius 1 is 1.26 bits per heavy atom. The Bertz CT molecular complexity index is 415. The molecule has 0 unspecified atom stereocenters. The molecule has 0 saturated heterocycles. The highest BCUT2D eigenvalue weighted by Gasteiger charge is 2.10. The van der Waals surface area contributed by atoms with Crippen molar-refractivity contribution in [2.45, 2.75) is 6.42 Å². The number of ether oxygens (including phenoxy) is 3. The second-order valence-corrected chi connectivity index (χ2v) is 5.08. The van der Waals surface area contributed by atoms with Crippen LogP contribution in [0.4, 0.5) is 0 Å². The van der Waals surface area contributed by atoms with Crippen LogP contribution < -0.4 is 10.5 Å². The van der Waals surface area contributed by atoms with Gasteiger partial charge in [0.05, 0.1) is 12.2 Å². The van der Waals surface area contributed by atoms with Crippen molar-refractivity contribution in [3.05, 3.63) is 28.2 Å². The molecule has 0 aliphatic carbocycles. The van der Waals surface area contributed by atoms with Gasteiger partial charge in [0, 0.05) is 24.8 Å². The SMILES string of the molecule is COCCCOCCOc1cccc(Br)c1C(N)=S. The van der Waals surface area contributed by atoms with E-state index in [2.05, 4.69) is 15.9 Å². The molecule has 0 fully saturated rings. The van der Waals surface area contributed by atoms with Gasteiger partial charge in [-0.05, 0) is 34.5 Å². The summed E-state index contributed by atoms with van der Waals surface area (Å²) in [7, 11) is 1.67. The summed E-state index contributed by atoms with van der Waals surface area (Å²) in [6.07, 6.45) is 0.880. The van der Waals surface area contributed by atoms with Gasteiger partial charge in [0.25, 0.3) is 0 Å². The standard InChI is InChI=1S/C13H18BrNO3S/c1-16-6-3-7-17-8-9-18-11-5-2-4-10(14)12(11)13(15)19/h2,4-5H,3,6-9H2,1H3,(H2,15,19). The Labute approximate surface area is 127 Å². The van der Waals surface area contributed by atoms with Gasteiger partial charge in [-0.2, -0.15) is 0 Å². The van der Waals surface area contributed by atoms with E-state index in [0.717, 1.165) is 16.5 Å². The first kappa shape index (κ1) is 16.4. The van der Waals surface area contributed by atoms with Crippen LogP contribution in [-0.4, -0.2) is 38.5 Å². The summed E-state index contributed by atoms with van der Waals surface area (Å²) in [5, 5.41) is 0. The summed E-state index contributed by atoms with van der Waals surface area (Å²) in [6, 6.07) is 5.59. The predicted molar refractivity (Wildman–Crippen MR) is 82.8 cm³/mol. The third-order valence-corrected chi connectivity index (χ3v) is 3.21. The molecule has 0 radical (unpaired) electrons. The zero-order valence-corrected chi connectivity index (χ0v) is 13.3. The summed E-state index contributed by atoms with van der Waals surface area (Å²) in [5.41, 5.74) is 6.40. The quantitative estimate of drug-likeness (QED) is 0.549. The van der Waals surface area contributed by atoms with Gasteiger partial charge in [0.2, 0.25) is 0 Å². The van der Waals surface area contributed by atoms with Gasteiger partial charge in [0.1, 0.15) is 17.3 Å². The van der Waals surface area contributed by atoms with Crippen molar-refractivity contribution in [3.63, 3.8) is 0 Å². The molecule has 4 nitrogen and oxygen atoms in total. The molecule has 1 aromatic rings. The largest absolute Gasteiger partial charge is 0.490 e. The first-order valence-corrected chi connectivity index (χ1v) is 7.14. The lowest BCUT2D eigenvalue weighted by Crippen LogP contribution is -2.14. The van der Waals surface area contributed by atoms with Crippen molar-refractivity contribution < 1.29 is 14.2 Å². The van der Waals surface area contributed by atoms with Gasteiger partial charge in [-0.15, -0.1) is 0 Å². The highest BCUT2D eigenvalue weighted by atomic mass is 79.9. The molecule has 6 heteroatoms. The maximum absolute atomic E-state index is 5.68. The average Bonchev–Trinajstić information content (AvgIpc) is 2.37. The van der Waals surface area contributed by atoms with Crippen LogP contribution in [0, 0.1) is 0 Å². The molecule has 19 heavy (non-hydrogen) atoms. The van der Waals surface area contributed by atoms with E-state index in [1.807, 2.05) is 18.2 Å². The number of benzene rings is 1. The third kappa shape index (κ3) is 5.86. The van der Waals surface area contributed by atoms with Crippen LogP contribution in [0.25, 0.3) is 0 Å². The summed E-state index contributed by atoms with van der Waals surface area (Å²) in [5.74, 6) is 0.669. The van der Waals surface area contributed by atoms with Crippen molar-refractivity contribution in [2.75, 3.05) is 33.5 Å². The zero-order chi connectivity index (χ0) is 14.1. The Hall–Kier alpha value is -0.690. The molecule has 2 N–H and O–H groups in total. The van der Waals surface area contributed by atoms with Gasteiger partial charge >= 0.3 is 0 Å². The minimum absolute atomic E-state index is 0.309. The van der Waals surface area contributed by atoms with E-state index in [1.165, 1.54) is 0 Å². The second-order valence-electron chi connectivity index (χ2n) is 3.78. The molecule has 0 spiro atoms. The minimum Gasteiger partial charge on any atom is -0.490 e. The molecule has 0 atom stereocenters. The molecular formula is C13H18BrNO3S.